The summed E-state index contributed by atoms with van der Waals surface area (Å²) in [6, 6.07) is 6.41. The van der Waals surface area contributed by atoms with Gasteiger partial charge in [-0.2, -0.15) is 0 Å². The van der Waals surface area contributed by atoms with Gasteiger partial charge in [-0.15, -0.1) is 0 Å². The Morgan fingerprint density at radius 2 is 2.16 bits per heavy atom. The van der Waals surface area contributed by atoms with Crippen LogP contribution in [0, 0.1) is 15.9 Å². The maximum Gasteiger partial charge on any atom is 0.272 e. The van der Waals surface area contributed by atoms with Crippen LogP contribution < -0.4 is 10.5 Å². The predicted molar refractivity (Wildman–Crippen MR) is 66.0 cm³/mol. The molecule has 0 saturated carbocycles. The molecule has 1 aromatic carbocycles. The number of pyridine rings is 1. The number of nitro benzene ring substituents is 1. The van der Waals surface area contributed by atoms with Crippen molar-refractivity contribution in [3.63, 3.8) is 0 Å². The lowest BCUT2D eigenvalue weighted by Gasteiger charge is -2.06. The molecule has 0 amide bonds. The molecular formula is C12H10FN3O3. The molecule has 0 spiro atoms. The number of hydrogen-bond donors (Lipinski definition) is 1. The number of non-ortho nitro benzene ring substituents is 1. The number of hydrogen-bond acceptors (Lipinski definition) is 5. The highest BCUT2D eigenvalue weighted by molar-refractivity contribution is 5.39. The number of nitrogen functional groups attached to an aromatic ring is 1. The van der Waals surface area contributed by atoms with Gasteiger partial charge in [-0.3, -0.25) is 15.1 Å². The summed E-state index contributed by atoms with van der Waals surface area (Å²) in [4.78, 5) is 13.8. The number of anilines is 1. The van der Waals surface area contributed by atoms with E-state index in [4.69, 9.17) is 10.5 Å². The van der Waals surface area contributed by atoms with Crippen LogP contribution in [0.5, 0.6) is 5.75 Å². The fourth-order valence-electron chi connectivity index (χ4n) is 1.45. The maximum absolute atomic E-state index is 13.5. The Morgan fingerprint density at radius 1 is 1.37 bits per heavy atom. The smallest absolute Gasteiger partial charge is 0.272 e. The lowest BCUT2D eigenvalue weighted by atomic mass is 10.3. The molecule has 19 heavy (non-hydrogen) atoms. The molecule has 98 valence electrons. The third-order valence-corrected chi connectivity index (χ3v) is 2.34. The lowest BCUT2D eigenvalue weighted by Crippen LogP contribution is -2.01. The monoisotopic (exact) mass is 263 g/mol. The van der Waals surface area contributed by atoms with Crippen molar-refractivity contribution in [2.45, 2.75) is 6.61 Å². The van der Waals surface area contributed by atoms with Crippen LogP contribution in [0.3, 0.4) is 0 Å². The zero-order chi connectivity index (χ0) is 13.8. The second kappa shape index (κ2) is 5.30. The van der Waals surface area contributed by atoms with Crippen molar-refractivity contribution >= 4 is 11.4 Å². The summed E-state index contributed by atoms with van der Waals surface area (Å²) >= 11 is 0. The Kier molecular flexibility index (Phi) is 3.56. The van der Waals surface area contributed by atoms with Crippen LogP contribution in [0.1, 0.15) is 5.69 Å². The van der Waals surface area contributed by atoms with Crippen LogP contribution in [0.4, 0.5) is 15.8 Å². The van der Waals surface area contributed by atoms with Gasteiger partial charge < -0.3 is 10.5 Å². The van der Waals surface area contributed by atoms with Crippen molar-refractivity contribution in [1.29, 1.82) is 0 Å². The number of benzene rings is 1. The number of ether oxygens (including phenoxy) is 1. The first-order valence-corrected chi connectivity index (χ1v) is 5.33. The second-order valence-electron chi connectivity index (χ2n) is 3.74. The van der Waals surface area contributed by atoms with E-state index >= 15 is 0 Å². The average molecular weight is 263 g/mol. The number of nitrogens with zero attached hydrogens (tertiary/aromatic N) is 2. The third-order valence-electron chi connectivity index (χ3n) is 2.34. The number of aromatic nitrogens is 1. The number of nitro groups is 1. The van der Waals surface area contributed by atoms with Gasteiger partial charge in [0.2, 0.25) is 0 Å². The third kappa shape index (κ3) is 3.15. The molecule has 1 aromatic heterocycles. The van der Waals surface area contributed by atoms with E-state index < -0.39 is 10.7 Å². The first kappa shape index (κ1) is 12.7. The summed E-state index contributed by atoms with van der Waals surface area (Å²) in [6.07, 6.45) is 1.51. The number of nitrogens with two attached hydrogens (primary N) is 1. The highest BCUT2D eigenvalue weighted by Crippen LogP contribution is 2.23. The lowest BCUT2D eigenvalue weighted by molar-refractivity contribution is -0.385. The Labute approximate surface area is 107 Å². The van der Waals surface area contributed by atoms with Crippen molar-refractivity contribution < 1.29 is 14.1 Å². The molecule has 0 fully saturated rings. The standard InChI is InChI=1S/C12H10FN3O3/c13-11-6-10(16(17)18)1-2-12(11)19-7-9-5-8(14)3-4-15-9/h1-6H,7H2,(H2,14,15). The van der Waals surface area contributed by atoms with Crippen molar-refractivity contribution in [2.75, 3.05) is 5.73 Å². The zero-order valence-electron chi connectivity index (χ0n) is 9.75. The molecule has 0 aliphatic heterocycles. The molecule has 0 atom stereocenters. The molecule has 1 heterocycles. The Hall–Kier alpha value is -2.70. The van der Waals surface area contributed by atoms with Crippen LogP contribution in [-0.2, 0) is 6.61 Å². The molecule has 0 bridgehead atoms. The fraction of sp³-hybridized carbons (Fsp3) is 0.0833. The normalized spacial score (nSPS) is 10.2. The van der Waals surface area contributed by atoms with Crippen molar-refractivity contribution in [3.8, 4) is 5.75 Å². The quantitative estimate of drug-likeness (QED) is 0.675. The van der Waals surface area contributed by atoms with E-state index in [-0.39, 0.29) is 18.0 Å². The maximum atomic E-state index is 13.5. The van der Waals surface area contributed by atoms with Gasteiger partial charge in [0.25, 0.3) is 5.69 Å². The summed E-state index contributed by atoms with van der Waals surface area (Å²) in [7, 11) is 0. The predicted octanol–water partition coefficient (Wildman–Crippen LogP) is 2.29. The van der Waals surface area contributed by atoms with Gasteiger partial charge in [-0.1, -0.05) is 0 Å². The van der Waals surface area contributed by atoms with E-state index in [0.717, 1.165) is 6.07 Å². The minimum absolute atomic E-state index is 0.0276. The number of rotatable bonds is 4. The summed E-state index contributed by atoms with van der Waals surface area (Å²) < 4.78 is 18.7. The Balaban J connectivity index is 2.10. The van der Waals surface area contributed by atoms with Crippen LogP contribution in [0.25, 0.3) is 0 Å². The van der Waals surface area contributed by atoms with E-state index in [1.807, 2.05) is 0 Å². The SMILES string of the molecule is Nc1ccnc(COc2ccc([N+](=O)[O-])cc2F)c1. The highest BCUT2D eigenvalue weighted by atomic mass is 19.1. The molecule has 6 nitrogen and oxygen atoms in total. The van der Waals surface area contributed by atoms with E-state index in [0.29, 0.717) is 11.4 Å². The highest BCUT2D eigenvalue weighted by Gasteiger charge is 2.11. The topological polar surface area (TPSA) is 91.3 Å². The van der Waals surface area contributed by atoms with Gasteiger partial charge in [0.15, 0.2) is 11.6 Å². The van der Waals surface area contributed by atoms with Crippen molar-refractivity contribution in [1.82, 2.24) is 4.98 Å². The molecule has 0 aliphatic rings. The van der Waals surface area contributed by atoms with Gasteiger partial charge in [-0.05, 0) is 18.2 Å². The average Bonchev–Trinajstić information content (AvgIpc) is 2.37. The molecule has 0 saturated heterocycles. The summed E-state index contributed by atoms with van der Waals surface area (Å²) in [5.41, 5.74) is 6.30. The van der Waals surface area contributed by atoms with E-state index in [1.165, 1.54) is 18.3 Å². The van der Waals surface area contributed by atoms with Crippen molar-refractivity contribution in [3.05, 3.63) is 58.2 Å². The fourth-order valence-corrected chi connectivity index (χ4v) is 1.45. The summed E-state index contributed by atoms with van der Waals surface area (Å²) in [5.74, 6) is -0.868. The molecule has 0 unspecified atom stereocenters. The Bertz CT molecular complexity index is 619. The molecular weight excluding hydrogens is 253 g/mol. The zero-order valence-corrected chi connectivity index (χ0v) is 9.75. The molecule has 7 heteroatoms. The molecule has 0 aliphatic carbocycles. The first-order valence-electron chi connectivity index (χ1n) is 5.33. The molecule has 0 radical (unpaired) electrons. The van der Waals surface area contributed by atoms with Gasteiger partial charge >= 0.3 is 0 Å². The molecule has 2 aromatic rings. The minimum Gasteiger partial charge on any atom is -0.484 e. The largest absolute Gasteiger partial charge is 0.484 e. The Morgan fingerprint density at radius 3 is 2.79 bits per heavy atom. The van der Waals surface area contributed by atoms with Crippen LogP contribution in [0.2, 0.25) is 0 Å². The van der Waals surface area contributed by atoms with Crippen LogP contribution >= 0.6 is 0 Å². The van der Waals surface area contributed by atoms with E-state index in [1.54, 1.807) is 12.1 Å². The second-order valence-corrected chi connectivity index (χ2v) is 3.74. The van der Waals surface area contributed by atoms with Crippen LogP contribution in [-0.4, -0.2) is 9.91 Å². The molecule has 2 rings (SSSR count). The first-order chi connectivity index (χ1) is 9.06. The summed E-state index contributed by atoms with van der Waals surface area (Å²) in [5, 5.41) is 10.5. The van der Waals surface area contributed by atoms with Gasteiger partial charge in [0.1, 0.15) is 6.61 Å². The van der Waals surface area contributed by atoms with Gasteiger partial charge in [0.05, 0.1) is 16.7 Å². The van der Waals surface area contributed by atoms with Gasteiger partial charge in [0, 0.05) is 18.0 Å². The van der Waals surface area contributed by atoms with Gasteiger partial charge in [-0.25, -0.2) is 4.39 Å². The molecule has 2 N–H and O–H groups in total. The van der Waals surface area contributed by atoms with Crippen molar-refractivity contribution in [2.24, 2.45) is 0 Å². The summed E-state index contributed by atoms with van der Waals surface area (Å²) in [6.45, 7) is 0.0276. The van der Waals surface area contributed by atoms with E-state index in [9.17, 15) is 14.5 Å². The minimum atomic E-state index is -0.793. The van der Waals surface area contributed by atoms with E-state index in [2.05, 4.69) is 4.98 Å². The number of halogens is 1. The van der Waals surface area contributed by atoms with Crippen LogP contribution in [0.15, 0.2) is 36.5 Å².